The minimum atomic E-state index is -0.274. The highest BCUT2D eigenvalue weighted by molar-refractivity contribution is 5.17. The van der Waals surface area contributed by atoms with Gasteiger partial charge in [-0.05, 0) is 24.8 Å². The molecular formula is C13H18O3. The predicted octanol–water partition coefficient (Wildman–Crippen LogP) is 2.26. The van der Waals surface area contributed by atoms with Crippen LogP contribution in [-0.4, -0.2) is 24.6 Å². The van der Waals surface area contributed by atoms with Gasteiger partial charge in [-0.15, -0.1) is 0 Å². The highest BCUT2D eigenvalue weighted by Gasteiger charge is 2.20. The van der Waals surface area contributed by atoms with Crippen LogP contribution in [0.5, 0.6) is 0 Å². The molecule has 1 aromatic rings. The van der Waals surface area contributed by atoms with Crippen LogP contribution >= 0.6 is 0 Å². The number of ether oxygens (including phenoxy) is 2. The molecule has 0 bridgehead atoms. The molecular weight excluding hydrogens is 204 g/mol. The summed E-state index contributed by atoms with van der Waals surface area (Å²) in [5, 5.41) is 9.33. The normalized spacial score (nSPS) is 22.9. The van der Waals surface area contributed by atoms with E-state index in [0.717, 1.165) is 31.4 Å². The van der Waals surface area contributed by atoms with Crippen LogP contribution in [-0.2, 0) is 9.47 Å². The highest BCUT2D eigenvalue weighted by Crippen LogP contribution is 2.23. The van der Waals surface area contributed by atoms with Gasteiger partial charge in [0.1, 0.15) is 6.10 Å². The molecule has 1 heterocycles. The van der Waals surface area contributed by atoms with Gasteiger partial charge in [-0.1, -0.05) is 30.3 Å². The molecule has 0 radical (unpaired) electrons. The van der Waals surface area contributed by atoms with E-state index in [1.54, 1.807) is 0 Å². The summed E-state index contributed by atoms with van der Waals surface area (Å²) in [4.78, 5) is 0. The summed E-state index contributed by atoms with van der Waals surface area (Å²) in [6.45, 7) is 0.751. The first-order valence-electron chi connectivity index (χ1n) is 5.83. The molecule has 0 aliphatic carbocycles. The van der Waals surface area contributed by atoms with Crippen molar-refractivity contribution in [3.05, 3.63) is 35.9 Å². The van der Waals surface area contributed by atoms with Crippen LogP contribution in [0, 0.1) is 0 Å². The van der Waals surface area contributed by atoms with E-state index in [0.29, 0.717) is 0 Å². The third-order valence-electron chi connectivity index (χ3n) is 2.79. The standard InChI is InChI=1S/C13H18O3/c14-10-12(11-6-2-1-3-7-11)16-13-8-4-5-9-15-13/h1-3,6-7,12-14H,4-5,8-10H2/t12-,13-/m0/s1. The van der Waals surface area contributed by atoms with Gasteiger partial charge in [0, 0.05) is 6.61 Å². The fourth-order valence-corrected chi connectivity index (χ4v) is 1.90. The summed E-state index contributed by atoms with van der Waals surface area (Å²) in [6.07, 6.45) is 2.73. The summed E-state index contributed by atoms with van der Waals surface area (Å²) in [6, 6.07) is 9.77. The molecule has 1 fully saturated rings. The quantitative estimate of drug-likeness (QED) is 0.849. The van der Waals surface area contributed by atoms with E-state index in [1.807, 2.05) is 30.3 Å². The Labute approximate surface area is 96.0 Å². The first kappa shape index (κ1) is 11.6. The van der Waals surface area contributed by atoms with Crippen LogP contribution in [0.15, 0.2) is 30.3 Å². The third-order valence-corrected chi connectivity index (χ3v) is 2.79. The van der Waals surface area contributed by atoms with Gasteiger partial charge in [-0.2, -0.15) is 0 Å². The molecule has 2 atom stereocenters. The number of hydrogen-bond donors (Lipinski definition) is 1. The Bertz CT molecular complexity index is 293. The van der Waals surface area contributed by atoms with Gasteiger partial charge < -0.3 is 14.6 Å². The third kappa shape index (κ3) is 3.04. The molecule has 0 amide bonds. The zero-order valence-corrected chi connectivity index (χ0v) is 9.34. The summed E-state index contributed by atoms with van der Waals surface area (Å²) in [5.41, 5.74) is 0.999. The maximum absolute atomic E-state index is 9.33. The number of aliphatic hydroxyl groups excluding tert-OH is 1. The van der Waals surface area contributed by atoms with E-state index in [-0.39, 0.29) is 19.0 Å². The van der Waals surface area contributed by atoms with Crippen molar-refractivity contribution in [3.63, 3.8) is 0 Å². The average molecular weight is 222 g/mol. The lowest BCUT2D eigenvalue weighted by atomic mass is 10.1. The molecule has 1 aliphatic rings. The zero-order chi connectivity index (χ0) is 11.2. The Morgan fingerprint density at radius 1 is 1.31 bits per heavy atom. The topological polar surface area (TPSA) is 38.7 Å². The molecule has 0 saturated carbocycles. The van der Waals surface area contributed by atoms with Gasteiger partial charge in [0.2, 0.25) is 0 Å². The van der Waals surface area contributed by atoms with Crippen LogP contribution < -0.4 is 0 Å². The summed E-state index contributed by atoms with van der Waals surface area (Å²) >= 11 is 0. The van der Waals surface area contributed by atoms with Crippen LogP contribution in [0.4, 0.5) is 0 Å². The molecule has 3 nitrogen and oxygen atoms in total. The molecule has 2 rings (SSSR count). The fourth-order valence-electron chi connectivity index (χ4n) is 1.90. The van der Waals surface area contributed by atoms with Gasteiger partial charge in [0.05, 0.1) is 6.61 Å². The number of benzene rings is 1. The van der Waals surface area contributed by atoms with Crippen LogP contribution in [0.2, 0.25) is 0 Å². The van der Waals surface area contributed by atoms with E-state index in [2.05, 4.69) is 0 Å². The Balaban J connectivity index is 1.94. The van der Waals surface area contributed by atoms with E-state index in [4.69, 9.17) is 9.47 Å². The van der Waals surface area contributed by atoms with Crippen LogP contribution in [0.1, 0.15) is 30.9 Å². The molecule has 88 valence electrons. The minimum Gasteiger partial charge on any atom is -0.393 e. The van der Waals surface area contributed by atoms with Gasteiger partial charge in [0.25, 0.3) is 0 Å². The maximum Gasteiger partial charge on any atom is 0.158 e. The lowest BCUT2D eigenvalue weighted by Crippen LogP contribution is -2.25. The van der Waals surface area contributed by atoms with E-state index < -0.39 is 0 Å². The van der Waals surface area contributed by atoms with Crippen molar-refractivity contribution in [2.45, 2.75) is 31.7 Å². The number of rotatable bonds is 4. The summed E-state index contributed by atoms with van der Waals surface area (Å²) < 4.78 is 11.3. The van der Waals surface area contributed by atoms with Crippen molar-refractivity contribution in [1.82, 2.24) is 0 Å². The second-order valence-corrected chi connectivity index (χ2v) is 4.01. The Morgan fingerprint density at radius 3 is 2.75 bits per heavy atom. The minimum absolute atomic E-state index is 0.0100. The Hall–Kier alpha value is -0.900. The van der Waals surface area contributed by atoms with Gasteiger partial charge >= 0.3 is 0 Å². The first-order chi connectivity index (χ1) is 7.90. The molecule has 1 aromatic carbocycles. The van der Waals surface area contributed by atoms with Crippen LogP contribution in [0.3, 0.4) is 0 Å². The fraction of sp³-hybridized carbons (Fsp3) is 0.538. The monoisotopic (exact) mass is 222 g/mol. The van der Waals surface area contributed by atoms with Crippen molar-refractivity contribution in [2.75, 3.05) is 13.2 Å². The van der Waals surface area contributed by atoms with Gasteiger partial charge in [-0.3, -0.25) is 0 Å². The lowest BCUT2D eigenvalue weighted by molar-refractivity contribution is -0.196. The molecule has 0 aromatic heterocycles. The molecule has 16 heavy (non-hydrogen) atoms. The molecule has 0 unspecified atom stereocenters. The second kappa shape index (κ2) is 5.99. The summed E-state index contributed by atoms with van der Waals surface area (Å²) in [7, 11) is 0. The first-order valence-corrected chi connectivity index (χ1v) is 5.83. The number of aliphatic hydroxyl groups is 1. The van der Waals surface area contributed by atoms with Gasteiger partial charge in [-0.25, -0.2) is 0 Å². The smallest absolute Gasteiger partial charge is 0.158 e. The van der Waals surface area contributed by atoms with Crippen molar-refractivity contribution >= 4 is 0 Å². The molecule has 1 saturated heterocycles. The SMILES string of the molecule is OC[C@H](O[C@H]1CCCCO1)c1ccccc1. The molecule has 1 N–H and O–H groups in total. The predicted molar refractivity (Wildman–Crippen MR) is 60.9 cm³/mol. The highest BCUT2D eigenvalue weighted by atomic mass is 16.7. The average Bonchev–Trinajstić information content (AvgIpc) is 2.38. The second-order valence-electron chi connectivity index (χ2n) is 4.01. The van der Waals surface area contributed by atoms with Crippen molar-refractivity contribution in [2.24, 2.45) is 0 Å². The molecule has 0 spiro atoms. The van der Waals surface area contributed by atoms with E-state index >= 15 is 0 Å². The van der Waals surface area contributed by atoms with Gasteiger partial charge in [0.15, 0.2) is 6.29 Å². The maximum atomic E-state index is 9.33. The Morgan fingerprint density at radius 2 is 2.12 bits per heavy atom. The van der Waals surface area contributed by atoms with E-state index in [9.17, 15) is 5.11 Å². The number of hydrogen-bond acceptors (Lipinski definition) is 3. The van der Waals surface area contributed by atoms with E-state index in [1.165, 1.54) is 0 Å². The largest absolute Gasteiger partial charge is 0.393 e. The zero-order valence-electron chi connectivity index (χ0n) is 9.34. The van der Waals surface area contributed by atoms with Crippen molar-refractivity contribution in [1.29, 1.82) is 0 Å². The van der Waals surface area contributed by atoms with Crippen LogP contribution in [0.25, 0.3) is 0 Å². The summed E-state index contributed by atoms with van der Waals surface area (Å²) in [5.74, 6) is 0. The Kier molecular flexibility index (Phi) is 4.34. The molecule has 3 heteroatoms. The lowest BCUT2D eigenvalue weighted by Gasteiger charge is -2.27. The molecule has 1 aliphatic heterocycles. The van der Waals surface area contributed by atoms with Crippen molar-refractivity contribution in [3.8, 4) is 0 Å². The van der Waals surface area contributed by atoms with Crippen molar-refractivity contribution < 1.29 is 14.6 Å².